The smallest absolute Gasteiger partial charge is 0.252 e. The van der Waals surface area contributed by atoms with Gasteiger partial charge in [-0.2, -0.15) is 0 Å². The number of anilines is 1. The van der Waals surface area contributed by atoms with Gasteiger partial charge in [-0.15, -0.1) is 0 Å². The van der Waals surface area contributed by atoms with Crippen molar-refractivity contribution >= 4 is 5.82 Å². The van der Waals surface area contributed by atoms with Gasteiger partial charge in [0.15, 0.2) is 0 Å². The fourth-order valence-corrected chi connectivity index (χ4v) is 1.42. The molecule has 4 heteroatoms. The van der Waals surface area contributed by atoms with Crippen LogP contribution in [0.25, 0.3) is 0 Å². The summed E-state index contributed by atoms with van der Waals surface area (Å²) in [5, 5.41) is 0. The minimum absolute atomic E-state index is 0.0948. The number of hydrogen-bond donors (Lipinski definition) is 1. The Bertz CT molecular complexity index is 348. The van der Waals surface area contributed by atoms with Crippen LogP contribution in [0.1, 0.15) is 27.2 Å². The average Bonchev–Trinajstić information content (AvgIpc) is 2.25. The largest absolute Gasteiger partial charge is 0.356 e. The Hall–Kier alpha value is -1.32. The first kappa shape index (κ1) is 11.8. The van der Waals surface area contributed by atoms with Crippen molar-refractivity contribution in [3.63, 3.8) is 0 Å². The molecule has 1 aromatic heterocycles. The van der Waals surface area contributed by atoms with Gasteiger partial charge < -0.3 is 9.88 Å². The lowest BCUT2D eigenvalue weighted by Crippen LogP contribution is -2.29. The monoisotopic (exact) mass is 209 g/mol. The Kier molecular flexibility index (Phi) is 4.34. The molecule has 0 aliphatic rings. The molecular formula is C11H19N3O. The van der Waals surface area contributed by atoms with E-state index in [0.717, 1.165) is 25.3 Å². The van der Waals surface area contributed by atoms with E-state index in [9.17, 15) is 4.79 Å². The summed E-state index contributed by atoms with van der Waals surface area (Å²) < 4.78 is 0. The van der Waals surface area contributed by atoms with Crippen LogP contribution in [0.2, 0.25) is 0 Å². The van der Waals surface area contributed by atoms with Crippen molar-refractivity contribution in [2.45, 2.75) is 27.2 Å². The lowest BCUT2D eigenvalue weighted by Gasteiger charge is -2.24. The third-order valence-corrected chi connectivity index (χ3v) is 2.60. The third-order valence-electron chi connectivity index (χ3n) is 2.60. The van der Waals surface area contributed by atoms with E-state index in [1.165, 1.54) is 6.33 Å². The van der Waals surface area contributed by atoms with Gasteiger partial charge in [-0.1, -0.05) is 20.3 Å². The Balaban J connectivity index is 2.78. The van der Waals surface area contributed by atoms with Gasteiger partial charge in [0.05, 0.1) is 6.33 Å². The van der Waals surface area contributed by atoms with E-state index < -0.39 is 0 Å². The van der Waals surface area contributed by atoms with E-state index in [2.05, 4.69) is 35.6 Å². The predicted molar refractivity (Wildman–Crippen MR) is 62.2 cm³/mol. The molecule has 0 saturated heterocycles. The maximum atomic E-state index is 11.1. The Morgan fingerprint density at radius 3 is 2.80 bits per heavy atom. The normalized spacial score (nSPS) is 12.5. The lowest BCUT2D eigenvalue weighted by atomic mass is 10.1. The second kappa shape index (κ2) is 5.53. The average molecular weight is 209 g/mol. The molecule has 1 rings (SSSR count). The van der Waals surface area contributed by atoms with Crippen LogP contribution in [0.4, 0.5) is 5.82 Å². The molecule has 1 N–H and O–H groups in total. The van der Waals surface area contributed by atoms with Crippen LogP contribution >= 0.6 is 0 Å². The second-order valence-electron chi connectivity index (χ2n) is 3.82. The summed E-state index contributed by atoms with van der Waals surface area (Å²) >= 11 is 0. The molecule has 0 saturated carbocycles. The topological polar surface area (TPSA) is 49.0 Å². The molecule has 1 heterocycles. The number of H-pyrrole nitrogens is 1. The van der Waals surface area contributed by atoms with E-state index in [-0.39, 0.29) is 5.56 Å². The van der Waals surface area contributed by atoms with Crippen LogP contribution in [0.5, 0.6) is 0 Å². The van der Waals surface area contributed by atoms with Gasteiger partial charge in [0.1, 0.15) is 5.82 Å². The Morgan fingerprint density at radius 2 is 2.27 bits per heavy atom. The van der Waals surface area contributed by atoms with Crippen molar-refractivity contribution in [2.75, 3.05) is 18.0 Å². The van der Waals surface area contributed by atoms with Crippen molar-refractivity contribution in [3.8, 4) is 0 Å². The van der Waals surface area contributed by atoms with Gasteiger partial charge in [-0.05, 0) is 12.8 Å². The molecule has 84 valence electrons. The molecule has 0 bridgehead atoms. The minimum atomic E-state index is -0.0948. The highest BCUT2D eigenvalue weighted by molar-refractivity contribution is 5.36. The summed E-state index contributed by atoms with van der Waals surface area (Å²) in [5.74, 6) is 1.38. The molecule has 0 radical (unpaired) electrons. The van der Waals surface area contributed by atoms with Gasteiger partial charge in [0.2, 0.25) is 0 Å². The van der Waals surface area contributed by atoms with Crippen molar-refractivity contribution < 1.29 is 0 Å². The van der Waals surface area contributed by atoms with Gasteiger partial charge in [-0.3, -0.25) is 4.79 Å². The highest BCUT2D eigenvalue weighted by Gasteiger charge is 2.09. The van der Waals surface area contributed by atoms with E-state index in [4.69, 9.17) is 0 Å². The van der Waals surface area contributed by atoms with Crippen LogP contribution in [-0.2, 0) is 0 Å². The van der Waals surface area contributed by atoms with E-state index in [0.29, 0.717) is 5.92 Å². The molecule has 0 fully saturated rings. The molecular weight excluding hydrogens is 190 g/mol. The van der Waals surface area contributed by atoms with E-state index in [1.807, 2.05) is 0 Å². The Labute approximate surface area is 90.3 Å². The van der Waals surface area contributed by atoms with Gasteiger partial charge in [0.25, 0.3) is 5.56 Å². The number of nitrogens with zero attached hydrogens (tertiary/aromatic N) is 2. The number of nitrogens with one attached hydrogen (secondary N) is 1. The number of hydrogen-bond acceptors (Lipinski definition) is 3. The SMILES string of the molecule is CCC(C)CN(CC)c1cc(=O)[nH]cn1. The number of rotatable bonds is 5. The number of aromatic nitrogens is 2. The predicted octanol–water partition coefficient (Wildman–Crippen LogP) is 1.64. The van der Waals surface area contributed by atoms with Crippen LogP contribution < -0.4 is 10.5 Å². The highest BCUT2D eigenvalue weighted by Crippen LogP contribution is 2.11. The summed E-state index contributed by atoms with van der Waals surface area (Å²) in [5.41, 5.74) is -0.0948. The van der Waals surface area contributed by atoms with E-state index in [1.54, 1.807) is 6.07 Å². The summed E-state index contributed by atoms with van der Waals surface area (Å²) in [7, 11) is 0. The molecule has 0 spiro atoms. The lowest BCUT2D eigenvalue weighted by molar-refractivity contribution is 0.545. The molecule has 1 atom stereocenters. The van der Waals surface area contributed by atoms with Crippen LogP contribution in [0.15, 0.2) is 17.2 Å². The molecule has 15 heavy (non-hydrogen) atoms. The van der Waals surface area contributed by atoms with Crippen molar-refractivity contribution in [1.29, 1.82) is 0 Å². The highest BCUT2D eigenvalue weighted by atomic mass is 16.1. The fraction of sp³-hybridized carbons (Fsp3) is 0.636. The molecule has 1 aromatic rings. The summed E-state index contributed by atoms with van der Waals surface area (Å²) in [6.45, 7) is 8.27. The first-order valence-corrected chi connectivity index (χ1v) is 5.47. The first-order chi connectivity index (χ1) is 7.17. The standard InChI is InChI=1S/C11H19N3O/c1-4-9(3)7-14(5-2)10-6-11(15)13-8-12-10/h6,8-9H,4-5,7H2,1-3H3,(H,12,13,15). The van der Waals surface area contributed by atoms with Gasteiger partial charge in [0, 0.05) is 19.2 Å². The molecule has 4 nitrogen and oxygen atoms in total. The zero-order chi connectivity index (χ0) is 11.3. The maximum absolute atomic E-state index is 11.1. The zero-order valence-electron chi connectivity index (χ0n) is 9.66. The van der Waals surface area contributed by atoms with Crippen LogP contribution in [0.3, 0.4) is 0 Å². The van der Waals surface area contributed by atoms with Crippen molar-refractivity contribution in [3.05, 3.63) is 22.7 Å². The first-order valence-electron chi connectivity index (χ1n) is 5.47. The minimum Gasteiger partial charge on any atom is -0.356 e. The molecule has 1 unspecified atom stereocenters. The van der Waals surface area contributed by atoms with Crippen LogP contribution in [0, 0.1) is 5.92 Å². The zero-order valence-corrected chi connectivity index (χ0v) is 9.66. The quantitative estimate of drug-likeness (QED) is 0.802. The third kappa shape index (κ3) is 3.38. The number of aromatic amines is 1. The Morgan fingerprint density at radius 1 is 1.53 bits per heavy atom. The second-order valence-corrected chi connectivity index (χ2v) is 3.82. The molecule has 0 amide bonds. The molecule has 0 aliphatic heterocycles. The van der Waals surface area contributed by atoms with Gasteiger partial charge >= 0.3 is 0 Å². The molecule has 0 aromatic carbocycles. The summed E-state index contributed by atoms with van der Waals surface area (Å²) in [4.78, 5) is 20.0. The van der Waals surface area contributed by atoms with Crippen molar-refractivity contribution in [1.82, 2.24) is 9.97 Å². The van der Waals surface area contributed by atoms with E-state index >= 15 is 0 Å². The summed E-state index contributed by atoms with van der Waals surface area (Å²) in [6.07, 6.45) is 2.59. The van der Waals surface area contributed by atoms with Crippen LogP contribution in [-0.4, -0.2) is 23.1 Å². The summed E-state index contributed by atoms with van der Waals surface area (Å²) in [6, 6.07) is 1.55. The maximum Gasteiger partial charge on any atom is 0.252 e. The molecule has 0 aliphatic carbocycles. The van der Waals surface area contributed by atoms with Crippen molar-refractivity contribution in [2.24, 2.45) is 5.92 Å². The fourth-order valence-electron chi connectivity index (χ4n) is 1.42. The van der Waals surface area contributed by atoms with Gasteiger partial charge in [-0.25, -0.2) is 4.98 Å².